The zero-order valence-corrected chi connectivity index (χ0v) is 10.9. The molecule has 0 saturated carbocycles. The number of methoxy groups -OCH3 is 1. The highest BCUT2D eigenvalue weighted by Gasteiger charge is 2.10. The van der Waals surface area contributed by atoms with Gasteiger partial charge < -0.3 is 20.1 Å². The van der Waals surface area contributed by atoms with E-state index in [0.717, 1.165) is 0 Å². The van der Waals surface area contributed by atoms with Crippen LogP contribution in [0.25, 0.3) is 0 Å². The topological polar surface area (TPSA) is 68.3 Å². The zero-order valence-electron chi connectivity index (χ0n) is 10.9. The maximum absolute atomic E-state index is 11.8. The average Bonchev–Trinajstić information content (AvgIpc) is 2.38. The minimum atomic E-state index is -2.45. The number of aromatic nitrogens is 2. The number of hydrogen-bond donors (Lipinski definition) is 2. The van der Waals surface area contributed by atoms with Crippen molar-refractivity contribution < 1.29 is 18.3 Å². The van der Waals surface area contributed by atoms with E-state index in [0.29, 0.717) is 30.5 Å². The van der Waals surface area contributed by atoms with E-state index in [4.69, 9.17) is 9.47 Å². The van der Waals surface area contributed by atoms with Gasteiger partial charge in [-0.05, 0) is 6.92 Å². The van der Waals surface area contributed by atoms with Gasteiger partial charge in [0.05, 0.1) is 13.7 Å². The second kappa shape index (κ2) is 8.41. The molecule has 0 aliphatic rings. The van der Waals surface area contributed by atoms with Gasteiger partial charge in [0.25, 0.3) is 6.43 Å². The van der Waals surface area contributed by atoms with Gasteiger partial charge in [-0.15, -0.1) is 0 Å². The van der Waals surface area contributed by atoms with Crippen LogP contribution in [0.15, 0.2) is 6.33 Å². The van der Waals surface area contributed by atoms with Crippen LogP contribution in [0.3, 0.4) is 0 Å². The number of alkyl halides is 2. The highest BCUT2D eigenvalue weighted by molar-refractivity contribution is 5.63. The second-order valence-corrected chi connectivity index (χ2v) is 3.53. The number of rotatable bonds is 9. The molecule has 0 aliphatic heterocycles. The minimum Gasteiger partial charge on any atom is -0.490 e. The highest BCUT2D eigenvalue weighted by atomic mass is 19.3. The van der Waals surface area contributed by atoms with Crippen LogP contribution < -0.4 is 15.4 Å². The molecule has 0 unspecified atom stereocenters. The third-order valence-corrected chi connectivity index (χ3v) is 2.13. The van der Waals surface area contributed by atoms with E-state index in [2.05, 4.69) is 20.6 Å². The largest absolute Gasteiger partial charge is 0.490 e. The number of nitrogens with one attached hydrogen (secondary N) is 2. The van der Waals surface area contributed by atoms with Crippen molar-refractivity contribution in [3.8, 4) is 5.75 Å². The van der Waals surface area contributed by atoms with Crippen molar-refractivity contribution in [1.29, 1.82) is 0 Å². The fraction of sp³-hybridized carbons (Fsp3) is 0.636. The molecule has 6 nitrogen and oxygen atoms in total. The van der Waals surface area contributed by atoms with E-state index < -0.39 is 13.0 Å². The summed E-state index contributed by atoms with van der Waals surface area (Å²) in [7, 11) is 1.51. The number of hydrogen-bond acceptors (Lipinski definition) is 6. The Balaban J connectivity index is 2.50. The summed E-state index contributed by atoms with van der Waals surface area (Å²) in [6.07, 6.45) is -1.06. The van der Waals surface area contributed by atoms with E-state index in [1.807, 2.05) is 6.92 Å². The van der Waals surface area contributed by atoms with Crippen molar-refractivity contribution in [3.05, 3.63) is 6.33 Å². The van der Waals surface area contributed by atoms with Gasteiger partial charge in [-0.2, -0.15) is 0 Å². The maximum atomic E-state index is 11.8. The summed E-state index contributed by atoms with van der Waals surface area (Å²) < 4.78 is 33.7. The SMILES string of the molecule is CCNc1ncnc(NCCOCC(F)F)c1OC. The van der Waals surface area contributed by atoms with Gasteiger partial charge in [-0.3, -0.25) is 0 Å². The molecular formula is C11H18F2N4O2. The van der Waals surface area contributed by atoms with Crippen LogP contribution in [0.2, 0.25) is 0 Å². The van der Waals surface area contributed by atoms with Crippen LogP contribution in [0.1, 0.15) is 6.92 Å². The number of anilines is 2. The highest BCUT2D eigenvalue weighted by Crippen LogP contribution is 2.28. The molecule has 0 fully saturated rings. The van der Waals surface area contributed by atoms with Crippen molar-refractivity contribution in [1.82, 2.24) is 9.97 Å². The van der Waals surface area contributed by atoms with Crippen molar-refractivity contribution in [3.63, 3.8) is 0 Å². The molecule has 19 heavy (non-hydrogen) atoms. The summed E-state index contributed by atoms with van der Waals surface area (Å²) >= 11 is 0. The van der Waals surface area contributed by atoms with Gasteiger partial charge >= 0.3 is 0 Å². The molecule has 0 radical (unpaired) electrons. The molecule has 0 atom stereocenters. The van der Waals surface area contributed by atoms with E-state index >= 15 is 0 Å². The molecule has 1 rings (SSSR count). The van der Waals surface area contributed by atoms with Crippen LogP contribution >= 0.6 is 0 Å². The smallest absolute Gasteiger partial charge is 0.261 e. The molecule has 108 valence electrons. The van der Waals surface area contributed by atoms with E-state index in [9.17, 15) is 8.78 Å². The van der Waals surface area contributed by atoms with E-state index in [1.165, 1.54) is 13.4 Å². The fourth-order valence-corrected chi connectivity index (χ4v) is 1.40. The molecule has 1 aromatic heterocycles. The van der Waals surface area contributed by atoms with Crippen LogP contribution in [-0.4, -0.2) is 49.8 Å². The summed E-state index contributed by atoms with van der Waals surface area (Å²) in [5.74, 6) is 1.56. The van der Waals surface area contributed by atoms with Crippen molar-refractivity contribution in [2.75, 3.05) is 44.0 Å². The molecule has 0 bridgehead atoms. The Bertz CT molecular complexity index is 380. The Morgan fingerprint density at radius 2 is 1.95 bits per heavy atom. The molecule has 0 aromatic carbocycles. The van der Waals surface area contributed by atoms with Gasteiger partial charge in [-0.1, -0.05) is 0 Å². The first-order valence-electron chi connectivity index (χ1n) is 5.91. The van der Waals surface area contributed by atoms with Gasteiger partial charge in [0, 0.05) is 13.1 Å². The van der Waals surface area contributed by atoms with Gasteiger partial charge in [-0.25, -0.2) is 18.7 Å². The van der Waals surface area contributed by atoms with Gasteiger partial charge in [0.2, 0.25) is 5.75 Å². The lowest BCUT2D eigenvalue weighted by Crippen LogP contribution is -2.15. The predicted octanol–water partition coefficient (Wildman–Crippen LogP) is 1.61. The fourth-order valence-electron chi connectivity index (χ4n) is 1.40. The Kier molecular flexibility index (Phi) is 6.80. The third kappa shape index (κ3) is 5.21. The molecule has 0 saturated heterocycles. The number of nitrogens with zero attached hydrogens (tertiary/aromatic N) is 2. The van der Waals surface area contributed by atoms with Crippen LogP contribution in [0.5, 0.6) is 5.75 Å². The van der Waals surface area contributed by atoms with Gasteiger partial charge in [0.15, 0.2) is 11.6 Å². The molecule has 2 N–H and O–H groups in total. The summed E-state index contributed by atoms with van der Waals surface area (Å²) in [4.78, 5) is 8.08. The Morgan fingerprint density at radius 3 is 2.53 bits per heavy atom. The third-order valence-electron chi connectivity index (χ3n) is 2.13. The monoisotopic (exact) mass is 276 g/mol. The quantitative estimate of drug-likeness (QED) is 0.668. The Hall–Kier alpha value is -1.70. The Morgan fingerprint density at radius 1 is 1.26 bits per heavy atom. The summed E-state index contributed by atoms with van der Waals surface area (Å²) in [6, 6.07) is 0. The average molecular weight is 276 g/mol. The first-order chi connectivity index (χ1) is 9.19. The van der Waals surface area contributed by atoms with Crippen molar-refractivity contribution in [2.24, 2.45) is 0 Å². The molecular weight excluding hydrogens is 258 g/mol. The molecule has 8 heteroatoms. The maximum Gasteiger partial charge on any atom is 0.261 e. The molecule has 0 amide bonds. The first kappa shape index (κ1) is 15.4. The molecule has 0 aliphatic carbocycles. The van der Waals surface area contributed by atoms with Crippen molar-refractivity contribution in [2.45, 2.75) is 13.3 Å². The van der Waals surface area contributed by atoms with Crippen LogP contribution in [-0.2, 0) is 4.74 Å². The number of halogens is 2. The molecule has 0 spiro atoms. The lowest BCUT2D eigenvalue weighted by atomic mass is 10.4. The zero-order chi connectivity index (χ0) is 14.1. The van der Waals surface area contributed by atoms with E-state index in [1.54, 1.807) is 0 Å². The lowest BCUT2D eigenvalue weighted by Gasteiger charge is -2.13. The Labute approximate surface area is 110 Å². The summed E-state index contributed by atoms with van der Waals surface area (Å²) in [5, 5.41) is 5.99. The lowest BCUT2D eigenvalue weighted by molar-refractivity contribution is 0.0214. The first-order valence-corrected chi connectivity index (χ1v) is 5.91. The number of ether oxygens (including phenoxy) is 2. The summed E-state index contributed by atoms with van der Waals surface area (Å²) in [6.45, 7) is 2.59. The van der Waals surface area contributed by atoms with E-state index in [-0.39, 0.29) is 6.61 Å². The predicted molar refractivity (Wildman–Crippen MR) is 68.1 cm³/mol. The van der Waals surface area contributed by atoms with Crippen molar-refractivity contribution >= 4 is 11.6 Å². The van der Waals surface area contributed by atoms with Crippen LogP contribution in [0.4, 0.5) is 20.4 Å². The molecule has 1 heterocycles. The minimum absolute atomic E-state index is 0.161. The normalized spacial score (nSPS) is 10.6. The van der Waals surface area contributed by atoms with Crippen LogP contribution in [0, 0.1) is 0 Å². The standard InChI is InChI=1S/C11H18F2N4O2/c1-3-14-10-9(18-2)11(17-7-16-10)15-4-5-19-6-8(12)13/h7-8H,3-6H2,1-2H3,(H2,14,15,16,17). The summed E-state index contributed by atoms with van der Waals surface area (Å²) in [5.41, 5.74) is 0. The van der Waals surface area contributed by atoms with Gasteiger partial charge in [0.1, 0.15) is 12.9 Å². The second-order valence-electron chi connectivity index (χ2n) is 3.53. The molecule has 1 aromatic rings.